The van der Waals surface area contributed by atoms with E-state index in [1.807, 2.05) is 36.4 Å². The molecule has 0 radical (unpaired) electrons. The van der Waals surface area contributed by atoms with Crippen LogP contribution in [0, 0.1) is 5.41 Å². The number of nitrogens with one attached hydrogen (secondary N) is 2. The van der Waals surface area contributed by atoms with Crippen LogP contribution in [0.1, 0.15) is 55.1 Å². The molecule has 3 aromatic rings. The molecule has 1 fully saturated rings. The van der Waals surface area contributed by atoms with Crippen molar-refractivity contribution in [1.29, 1.82) is 0 Å². The molecule has 0 atom stereocenters. The van der Waals surface area contributed by atoms with Gasteiger partial charge in [0.05, 0.1) is 22.4 Å². The van der Waals surface area contributed by atoms with Crippen LogP contribution in [0.3, 0.4) is 0 Å². The number of nitrogens with zero attached hydrogens (tertiary/aromatic N) is 2. The number of carbonyl (C=O) groups is 2. The summed E-state index contributed by atoms with van der Waals surface area (Å²) in [5.74, 6) is -0.889. The first-order valence-electron chi connectivity index (χ1n) is 12.1. The Balaban J connectivity index is 1.53. The molecule has 2 heterocycles. The maximum absolute atomic E-state index is 12.8. The number of unbranched alkanes of at least 4 members (excludes halogenated alkanes) is 1. The number of hydrogen-bond acceptors (Lipinski definition) is 5. The molecule has 0 bridgehead atoms. The van der Waals surface area contributed by atoms with Crippen molar-refractivity contribution in [3.8, 4) is 11.3 Å². The number of hydrogen-bond donors (Lipinski definition) is 3. The summed E-state index contributed by atoms with van der Waals surface area (Å²) in [6.45, 7) is 4.89. The minimum absolute atomic E-state index is 0.0996. The summed E-state index contributed by atoms with van der Waals surface area (Å²) in [6.07, 6.45) is 4.14. The standard InChI is InChI=1S/C27H32N4O3/c1-2-27(17-28-18-27)14-15-29-26(34)20-12-13-21-23(16-20)30-22(10-6-7-11-24(32)33)25(31-21)19-8-4-3-5-9-19/h3-5,8-9,12-13,16,28H,2,6-7,10-11,14-15,17-18H2,1H3,(H,29,34)(H,32,33). The second kappa shape index (κ2) is 10.7. The number of benzene rings is 2. The Morgan fingerprint density at radius 1 is 1.06 bits per heavy atom. The smallest absolute Gasteiger partial charge is 0.303 e. The second-order valence-corrected chi connectivity index (χ2v) is 9.15. The number of aliphatic carboxylic acids is 1. The number of carbonyl (C=O) groups excluding carboxylic acids is 1. The first-order valence-corrected chi connectivity index (χ1v) is 12.1. The third kappa shape index (κ3) is 5.59. The maximum atomic E-state index is 12.8. The van der Waals surface area contributed by atoms with Gasteiger partial charge >= 0.3 is 5.97 Å². The van der Waals surface area contributed by atoms with Gasteiger partial charge in [-0.1, -0.05) is 37.3 Å². The number of aromatic nitrogens is 2. The average molecular weight is 461 g/mol. The number of rotatable bonds is 11. The van der Waals surface area contributed by atoms with E-state index in [-0.39, 0.29) is 12.3 Å². The molecular weight excluding hydrogens is 428 g/mol. The highest BCUT2D eigenvalue weighted by Gasteiger charge is 2.34. The highest BCUT2D eigenvalue weighted by molar-refractivity contribution is 5.97. The molecule has 4 rings (SSSR count). The molecule has 34 heavy (non-hydrogen) atoms. The number of aryl methyl sites for hydroxylation is 1. The molecule has 178 valence electrons. The summed E-state index contributed by atoms with van der Waals surface area (Å²) in [6, 6.07) is 15.3. The topological polar surface area (TPSA) is 104 Å². The second-order valence-electron chi connectivity index (χ2n) is 9.15. The van der Waals surface area contributed by atoms with E-state index in [0.29, 0.717) is 42.3 Å². The first-order chi connectivity index (χ1) is 16.5. The van der Waals surface area contributed by atoms with Crippen molar-refractivity contribution in [2.24, 2.45) is 5.41 Å². The van der Waals surface area contributed by atoms with Gasteiger partial charge in [-0.3, -0.25) is 9.59 Å². The number of amides is 1. The number of carboxylic acids is 1. The van der Waals surface area contributed by atoms with Gasteiger partial charge in [-0.15, -0.1) is 0 Å². The van der Waals surface area contributed by atoms with Crippen LogP contribution in [0.15, 0.2) is 48.5 Å². The largest absolute Gasteiger partial charge is 0.481 e. The van der Waals surface area contributed by atoms with Crippen LogP contribution in [0.25, 0.3) is 22.3 Å². The van der Waals surface area contributed by atoms with Crippen LogP contribution >= 0.6 is 0 Å². The van der Waals surface area contributed by atoms with Gasteiger partial charge in [0.15, 0.2) is 0 Å². The third-order valence-corrected chi connectivity index (χ3v) is 6.79. The Bertz CT molecular complexity index is 1150. The Hall–Kier alpha value is -3.32. The first kappa shape index (κ1) is 23.8. The summed E-state index contributed by atoms with van der Waals surface area (Å²) in [4.78, 5) is 33.4. The fraction of sp³-hybridized carbons (Fsp3) is 0.407. The molecule has 7 heteroatoms. The van der Waals surface area contributed by atoms with Crippen molar-refractivity contribution in [2.45, 2.75) is 45.4 Å². The van der Waals surface area contributed by atoms with Gasteiger partial charge in [-0.25, -0.2) is 9.97 Å². The fourth-order valence-electron chi connectivity index (χ4n) is 4.43. The maximum Gasteiger partial charge on any atom is 0.303 e. The lowest BCUT2D eigenvalue weighted by Crippen LogP contribution is -2.54. The van der Waals surface area contributed by atoms with Crippen LogP contribution in [-0.4, -0.2) is 46.6 Å². The Labute approximate surface area is 200 Å². The van der Waals surface area contributed by atoms with Crippen molar-refractivity contribution >= 4 is 22.9 Å². The Morgan fingerprint density at radius 3 is 2.53 bits per heavy atom. The van der Waals surface area contributed by atoms with E-state index in [0.717, 1.165) is 48.4 Å². The van der Waals surface area contributed by atoms with E-state index in [1.54, 1.807) is 12.1 Å². The molecule has 0 saturated carbocycles. The van der Waals surface area contributed by atoms with Gasteiger partial charge in [-0.2, -0.15) is 0 Å². The minimum Gasteiger partial charge on any atom is -0.481 e. The Kier molecular flexibility index (Phi) is 7.53. The van der Waals surface area contributed by atoms with Crippen LogP contribution in [0.5, 0.6) is 0 Å². The molecule has 1 aromatic heterocycles. The van der Waals surface area contributed by atoms with Crippen LogP contribution in [-0.2, 0) is 11.2 Å². The highest BCUT2D eigenvalue weighted by Crippen LogP contribution is 2.30. The summed E-state index contributed by atoms with van der Waals surface area (Å²) in [5, 5.41) is 15.3. The van der Waals surface area contributed by atoms with E-state index < -0.39 is 5.97 Å². The van der Waals surface area contributed by atoms with E-state index >= 15 is 0 Å². The SMILES string of the molecule is CCC1(CCNC(=O)c2ccc3nc(-c4ccccc4)c(CCCCC(=O)O)nc3c2)CNC1. The molecule has 1 saturated heterocycles. The van der Waals surface area contributed by atoms with Gasteiger partial charge in [0, 0.05) is 37.2 Å². The van der Waals surface area contributed by atoms with Crippen molar-refractivity contribution in [1.82, 2.24) is 20.6 Å². The van der Waals surface area contributed by atoms with Crippen LogP contribution < -0.4 is 10.6 Å². The van der Waals surface area contributed by atoms with E-state index in [9.17, 15) is 9.59 Å². The lowest BCUT2D eigenvalue weighted by atomic mass is 9.76. The quantitative estimate of drug-likeness (QED) is 0.370. The molecule has 1 aliphatic rings. The van der Waals surface area contributed by atoms with Gasteiger partial charge in [0.25, 0.3) is 5.91 Å². The molecule has 0 spiro atoms. The molecule has 7 nitrogen and oxygen atoms in total. The number of carboxylic acid groups (broad SMARTS) is 1. The van der Waals surface area contributed by atoms with Crippen molar-refractivity contribution in [3.63, 3.8) is 0 Å². The summed E-state index contributed by atoms with van der Waals surface area (Å²) in [7, 11) is 0. The predicted molar refractivity (Wildman–Crippen MR) is 133 cm³/mol. The summed E-state index contributed by atoms with van der Waals surface area (Å²) in [5.41, 5.74) is 4.89. The van der Waals surface area contributed by atoms with Crippen molar-refractivity contribution in [2.75, 3.05) is 19.6 Å². The molecule has 1 amide bonds. The van der Waals surface area contributed by atoms with Crippen LogP contribution in [0.2, 0.25) is 0 Å². The third-order valence-electron chi connectivity index (χ3n) is 6.79. The van der Waals surface area contributed by atoms with Crippen LogP contribution in [0.4, 0.5) is 0 Å². The summed E-state index contributed by atoms with van der Waals surface area (Å²) >= 11 is 0. The number of fused-ring (bicyclic) bond motifs is 1. The summed E-state index contributed by atoms with van der Waals surface area (Å²) < 4.78 is 0. The van der Waals surface area contributed by atoms with Gasteiger partial charge in [0.2, 0.25) is 0 Å². The molecule has 0 aliphatic carbocycles. The van der Waals surface area contributed by atoms with Gasteiger partial charge in [-0.05, 0) is 55.7 Å². The highest BCUT2D eigenvalue weighted by atomic mass is 16.4. The van der Waals surface area contributed by atoms with Crippen molar-refractivity contribution in [3.05, 3.63) is 59.8 Å². The normalized spacial score (nSPS) is 14.5. The van der Waals surface area contributed by atoms with E-state index in [4.69, 9.17) is 15.1 Å². The zero-order valence-corrected chi connectivity index (χ0v) is 19.6. The molecular formula is C27H32N4O3. The van der Waals surface area contributed by atoms with E-state index in [1.165, 1.54) is 0 Å². The predicted octanol–water partition coefficient (Wildman–Crippen LogP) is 4.21. The van der Waals surface area contributed by atoms with Gasteiger partial charge < -0.3 is 15.7 Å². The molecule has 2 aromatic carbocycles. The molecule has 0 unspecified atom stereocenters. The lowest BCUT2D eigenvalue weighted by Gasteiger charge is -2.42. The average Bonchev–Trinajstić information content (AvgIpc) is 2.83. The molecule has 1 aliphatic heterocycles. The minimum atomic E-state index is -0.790. The fourth-order valence-corrected chi connectivity index (χ4v) is 4.43. The van der Waals surface area contributed by atoms with E-state index in [2.05, 4.69) is 17.6 Å². The van der Waals surface area contributed by atoms with Gasteiger partial charge in [0.1, 0.15) is 0 Å². The lowest BCUT2D eigenvalue weighted by molar-refractivity contribution is -0.137. The molecule has 3 N–H and O–H groups in total. The zero-order chi connectivity index (χ0) is 24.0. The zero-order valence-electron chi connectivity index (χ0n) is 19.6. The Morgan fingerprint density at radius 2 is 1.85 bits per heavy atom. The monoisotopic (exact) mass is 460 g/mol. The van der Waals surface area contributed by atoms with Crippen molar-refractivity contribution < 1.29 is 14.7 Å².